The molecule has 0 spiro atoms. The Morgan fingerprint density at radius 3 is 2.78 bits per heavy atom. The SMILES string of the molecule is Cc1cccc(Cl)c1NCc1cc(Br)ccc1F. The summed E-state index contributed by atoms with van der Waals surface area (Å²) < 4.78 is 14.4. The first kappa shape index (κ1) is 13.4. The largest absolute Gasteiger partial charge is 0.379 e. The van der Waals surface area contributed by atoms with Gasteiger partial charge in [-0.25, -0.2) is 4.39 Å². The number of halogens is 3. The van der Waals surface area contributed by atoms with Crippen molar-refractivity contribution in [2.75, 3.05) is 5.32 Å². The van der Waals surface area contributed by atoms with Crippen LogP contribution in [-0.4, -0.2) is 0 Å². The number of benzene rings is 2. The van der Waals surface area contributed by atoms with Gasteiger partial charge < -0.3 is 5.32 Å². The van der Waals surface area contributed by atoms with Gasteiger partial charge in [-0.2, -0.15) is 0 Å². The van der Waals surface area contributed by atoms with Gasteiger partial charge in [0.1, 0.15) is 5.82 Å². The number of nitrogens with one attached hydrogen (secondary N) is 1. The van der Waals surface area contributed by atoms with E-state index in [1.54, 1.807) is 12.1 Å². The molecule has 0 saturated heterocycles. The maximum absolute atomic E-state index is 13.6. The second-order valence-corrected chi connectivity index (χ2v) is 5.34. The molecule has 0 radical (unpaired) electrons. The zero-order valence-electron chi connectivity index (χ0n) is 9.81. The van der Waals surface area contributed by atoms with E-state index >= 15 is 0 Å². The Balaban J connectivity index is 2.19. The summed E-state index contributed by atoms with van der Waals surface area (Å²) in [5.74, 6) is -0.226. The van der Waals surface area contributed by atoms with Crippen LogP contribution in [0.25, 0.3) is 0 Å². The number of hydrogen-bond donors (Lipinski definition) is 1. The van der Waals surface area contributed by atoms with Gasteiger partial charge in [-0.05, 0) is 36.8 Å². The number of rotatable bonds is 3. The molecule has 94 valence electrons. The maximum Gasteiger partial charge on any atom is 0.128 e. The van der Waals surface area contributed by atoms with Crippen LogP contribution in [0.3, 0.4) is 0 Å². The Labute approximate surface area is 119 Å². The third-order valence-corrected chi connectivity index (χ3v) is 3.49. The average molecular weight is 329 g/mol. The number of para-hydroxylation sites is 1. The Kier molecular flexibility index (Phi) is 4.25. The Hall–Kier alpha value is -1.06. The molecule has 0 saturated carbocycles. The van der Waals surface area contributed by atoms with E-state index in [1.165, 1.54) is 6.07 Å². The molecule has 4 heteroatoms. The van der Waals surface area contributed by atoms with Crippen LogP contribution in [0.15, 0.2) is 40.9 Å². The van der Waals surface area contributed by atoms with Gasteiger partial charge in [0.15, 0.2) is 0 Å². The lowest BCUT2D eigenvalue weighted by molar-refractivity contribution is 0.612. The second kappa shape index (κ2) is 5.72. The molecule has 0 fully saturated rings. The molecule has 1 nitrogen and oxygen atoms in total. The van der Waals surface area contributed by atoms with E-state index < -0.39 is 0 Å². The predicted octanol–water partition coefficient (Wildman–Crippen LogP) is 5.16. The van der Waals surface area contributed by atoms with Crippen molar-refractivity contribution in [3.8, 4) is 0 Å². The van der Waals surface area contributed by atoms with Crippen molar-refractivity contribution >= 4 is 33.2 Å². The molecule has 0 aliphatic heterocycles. The number of hydrogen-bond acceptors (Lipinski definition) is 1. The zero-order chi connectivity index (χ0) is 13.1. The van der Waals surface area contributed by atoms with Gasteiger partial charge in [0.2, 0.25) is 0 Å². The van der Waals surface area contributed by atoms with Crippen molar-refractivity contribution in [3.05, 3.63) is 62.8 Å². The molecule has 0 aliphatic carbocycles. The van der Waals surface area contributed by atoms with E-state index in [0.29, 0.717) is 17.1 Å². The van der Waals surface area contributed by atoms with Gasteiger partial charge in [-0.15, -0.1) is 0 Å². The molecule has 1 N–H and O–H groups in total. The highest BCUT2D eigenvalue weighted by molar-refractivity contribution is 9.10. The van der Waals surface area contributed by atoms with E-state index in [0.717, 1.165) is 15.7 Å². The van der Waals surface area contributed by atoms with Gasteiger partial charge in [0.25, 0.3) is 0 Å². The van der Waals surface area contributed by atoms with Crippen LogP contribution in [0.2, 0.25) is 5.02 Å². The first-order valence-corrected chi connectivity index (χ1v) is 6.68. The summed E-state index contributed by atoms with van der Waals surface area (Å²) >= 11 is 9.43. The average Bonchev–Trinajstić information content (AvgIpc) is 2.33. The lowest BCUT2D eigenvalue weighted by Gasteiger charge is -2.12. The Bertz CT molecular complexity index is 551. The minimum absolute atomic E-state index is 0.226. The molecular weight excluding hydrogens is 317 g/mol. The van der Waals surface area contributed by atoms with Crippen molar-refractivity contribution < 1.29 is 4.39 Å². The molecule has 0 aliphatic rings. The number of anilines is 1. The van der Waals surface area contributed by atoms with Crippen LogP contribution >= 0.6 is 27.5 Å². The molecule has 2 aromatic rings. The fourth-order valence-electron chi connectivity index (χ4n) is 1.72. The zero-order valence-corrected chi connectivity index (χ0v) is 12.1. The van der Waals surface area contributed by atoms with Crippen molar-refractivity contribution in [1.29, 1.82) is 0 Å². The highest BCUT2D eigenvalue weighted by atomic mass is 79.9. The van der Waals surface area contributed by atoms with Gasteiger partial charge in [0.05, 0.1) is 10.7 Å². The van der Waals surface area contributed by atoms with Crippen LogP contribution in [0.1, 0.15) is 11.1 Å². The lowest BCUT2D eigenvalue weighted by atomic mass is 10.1. The quantitative estimate of drug-likeness (QED) is 0.820. The first-order valence-electron chi connectivity index (χ1n) is 5.51. The molecule has 0 amide bonds. The van der Waals surface area contributed by atoms with Crippen LogP contribution in [0, 0.1) is 12.7 Å². The third kappa shape index (κ3) is 3.03. The summed E-state index contributed by atoms with van der Waals surface area (Å²) in [6.07, 6.45) is 0. The summed E-state index contributed by atoms with van der Waals surface area (Å²) in [6.45, 7) is 2.36. The standard InChI is InChI=1S/C14H12BrClFN/c1-9-3-2-4-12(16)14(9)18-8-10-7-11(15)5-6-13(10)17/h2-7,18H,8H2,1H3. The van der Waals surface area contributed by atoms with Crippen LogP contribution in [-0.2, 0) is 6.54 Å². The Morgan fingerprint density at radius 1 is 1.28 bits per heavy atom. The summed E-state index contributed by atoms with van der Waals surface area (Å²) in [6, 6.07) is 10.6. The van der Waals surface area contributed by atoms with E-state index in [9.17, 15) is 4.39 Å². The predicted molar refractivity (Wildman–Crippen MR) is 77.6 cm³/mol. The summed E-state index contributed by atoms with van der Waals surface area (Å²) in [5.41, 5.74) is 2.49. The van der Waals surface area contributed by atoms with Crippen molar-refractivity contribution in [2.45, 2.75) is 13.5 Å². The molecule has 0 heterocycles. The topological polar surface area (TPSA) is 12.0 Å². The lowest BCUT2D eigenvalue weighted by Crippen LogP contribution is -2.03. The highest BCUT2D eigenvalue weighted by Gasteiger charge is 2.06. The van der Waals surface area contributed by atoms with Crippen LogP contribution in [0.5, 0.6) is 0 Å². The van der Waals surface area contributed by atoms with Gasteiger partial charge >= 0.3 is 0 Å². The molecule has 2 rings (SSSR count). The molecule has 18 heavy (non-hydrogen) atoms. The fourth-order valence-corrected chi connectivity index (χ4v) is 2.42. The molecular formula is C14H12BrClFN. The number of aryl methyl sites for hydroxylation is 1. The van der Waals surface area contributed by atoms with Crippen molar-refractivity contribution in [1.82, 2.24) is 0 Å². The Morgan fingerprint density at radius 2 is 2.06 bits per heavy atom. The maximum atomic E-state index is 13.6. The van der Waals surface area contributed by atoms with Crippen molar-refractivity contribution in [3.63, 3.8) is 0 Å². The summed E-state index contributed by atoms with van der Waals surface area (Å²) in [4.78, 5) is 0. The summed E-state index contributed by atoms with van der Waals surface area (Å²) in [7, 11) is 0. The molecule has 0 aromatic heterocycles. The van der Waals surface area contributed by atoms with Gasteiger partial charge in [-0.3, -0.25) is 0 Å². The fraction of sp³-hybridized carbons (Fsp3) is 0.143. The van der Waals surface area contributed by atoms with Crippen LogP contribution < -0.4 is 5.32 Å². The van der Waals surface area contributed by atoms with Crippen molar-refractivity contribution in [2.24, 2.45) is 0 Å². The summed E-state index contributed by atoms with van der Waals surface area (Å²) in [5, 5.41) is 3.82. The van der Waals surface area contributed by atoms with Gasteiger partial charge in [0, 0.05) is 16.6 Å². The van der Waals surface area contributed by atoms with E-state index in [2.05, 4.69) is 21.2 Å². The third-order valence-electron chi connectivity index (χ3n) is 2.69. The highest BCUT2D eigenvalue weighted by Crippen LogP contribution is 2.26. The molecule has 0 bridgehead atoms. The van der Waals surface area contributed by atoms with E-state index in [4.69, 9.17) is 11.6 Å². The van der Waals surface area contributed by atoms with Gasteiger partial charge in [-0.1, -0.05) is 39.7 Å². The second-order valence-electron chi connectivity index (χ2n) is 4.02. The normalized spacial score (nSPS) is 10.4. The minimum Gasteiger partial charge on any atom is -0.379 e. The van der Waals surface area contributed by atoms with Crippen LogP contribution in [0.4, 0.5) is 10.1 Å². The smallest absolute Gasteiger partial charge is 0.128 e. The minimum atomic E-state index is -0.226. The van der Waals surface area contributed by atoms with E-state index in [1.807, 2.05) is 25.1 Å². The monoisotopic (exact) mass is 327 g/mol. The van der Waals surface area contributed by atoms with E-state index in [-0.39, 0.29) is 5.82 Å². The first-order chi connectivity index (χ1) is 8.58. The molecule has 0 unspecified atom stereocenters. The molecule has 2 aromatic carbocycles. The molecule has 0 atom stereocenters.